The van der Waals surface area contributed by atoms with E-state index in [1.165, 1.54) is 6.33 Å². The van der Waals surface area contributed by atoms with Crippen molar-refractivity contribution in [2.45, 2.75) is 0 Å². The minimum absolute atomic E-state index is 0.158. The second kappa shape index (κ2) is 2.60. The molecule has 0 amide bonds. The third-order valence-corrected chi connectivity index (χ3v) is 2.38. The number of benzene rings is 1. The van der Waals surface area contributed by atoms with Crippen LogP contribution in [0.4, 0.5) is 0 Å². The standard InChI is InChI=1S/C10H7N3O2/c14-5-1-2-6-7(3-5)13-9-8(6)10(15)12-4-11-9/h1-4,14H,(H2,11,12,13,15). The molecule has 15 heavy (non-hydrogen) atoms. The van der Waals surface area contributed by atoms with Crippen molar-refractivity contribution in [3.05, 3.63) is 34.9 Å². The van der Waals surface area contributed by atoms with E-state index < -0.39 is 0 Å². The van der Waals surface area contributed by atoms with E-state index >= 15 is 0 Å². The summed E-state index contributed by atoms with van der Waals surface area (Å²) >= 11 is 0. The Balaban J connectivity index is 2.65. The molecule has 0 unspecified atom stereocenters. The normalized spacial score (nSPS) is 11.2. The highest BCUT2D eigenvalue weighted by atomic mass is 16.3. The molecule has 1 aromatic carbocycles. The maximum Gasteiger partial charge on any atom is 0.260 e. The molecule has 3 rings (SSSR count). The fraction of sp³-hybridized carbons (Fsp3) is 0. The third kappa shape index (κ3) is 1.03. The highest BCUT2D eigenvalue weighted by molar-refractivity contribution is 6.05. The topological polar surface area (TPSA) is 81.8 Å². The van der Waals surface area contributed by atoms with Crippen LogP contribution in [0.1, 0.15) is 0 Å². The Hall–Kier alpha value is -2.30. The predicted octanol–water partition coefficient (Wildman–Crippen LogP) is 1.11. The Morgan fingerprint density at radius 1 is 1.33 bits per heavy atom. The van der Waals surface area contributed by atoms with Crippen LogP contribution in [0.5, 0.6) is 5.75 Å². The van der Waals surface area contributed by atoms with E-state index in [1.54, 1.807) is 18.2 Å². The largest absolute Gasteiger partial charge is 0.508 e. The van der Waals surface area contributed by atoms with Gasteiger partial charge in [0.25, 0.3) is 5.56 Å². The molecule has 0 aliphatic heterocycles. The van der Waals surface area contributed by atoms with Crippen molar-refractivity contribution in [2.24, 2.45) is 0 Å². The molecule has 0 fully saturated rings. The number of H-pyrrole nitrogens is 2. The molecule has 0 saturated carbocycles. The van der Waals surface area contributed by atoms with Gasteiger partial charge in [0, 0.05) is 11.5 Å². The van der Waals surface area contributed by atoms with Crippen LogP contribution in [0.15, 0.2) is 29.3 Å². The lowest BCUT2D eigenvalue weighted by atomic mass is 10.2. The molecular formula is C10H7N3O2. The Kier molecular flexibility index (Phi) is 1.39. The van der Waals surface area contributed by atoms with Gasteiger partial charge < -0.3 is 15.1 Å². The fourth-order valence-electron chi connectivity index (χ4n) is 1.73. The van der Waals surface area contributed by atoms with Crippen molar-refractivity contribution in [1.29, 1.82) is 0 Å². The molecule has 2 aromatic heterocycles. The summed E-state index contributed by atoms with van der Waals surface area (Å²) in [6, 6.07) is 4.80. The maximum absolute atomic E-state index is 11.6. The van der Waals surface area contributed by atoms with Gasteiger partial charge in [0.2, 0.25) is 0 Å². The average molecular weight is 201 g/mol. The molecule has 0 saturated heterocycles. The first-order valence-electron chi connectivity index (χ1n) is 4.44. The Morgan fingerprint density at radius 2 is 2.20 bits per heavy atom. The summed E-state index contributed by atoms with van der Waals surface area (Å²) in [7, 11) is 0. The number of hydrogen-bond acceptors (Lipinski definition) is 3. The average Bonchev–Trinajstić information content (AvgIpc) is 2.56. The van der Waals surface area contributed by atoms with Crippen LogP contribution in [-0.4, -0.2) is 20.1 Å². The number of phenols is 1. The van der Waals surface area contributed by atoms with Gasteiger partial charge >= 0.3 is 0 Å². The second-order valence-corrected chi connectivity index (χ2v) is 3.31. The van der Waals surface area contributed by atoms with Crippen molar-refractivity contribution in [3.63, 3.8) is 0 Å². The van der Waals surface area contributed by atoms with E-state index in [1.807, 2.05) is 0 Å². The van der Waals surface area contributed by atoms with E-state index in [2.05, 4.69) is 15.0 Å². The van der Waals surface area contributed by atoms with Gasteiger partial charge in [-0.2, -0.15) is 0 Å². The van der Waals surface area contributed by atoms with Crippen LogP contribution in [-0.2, 0) is 0 Å². The predicted molar refractivity (Wildman–Crippen MR) is 55.9 cm³/mol. The number of aromatic hydroxyl groups is 1. The van der Waals surface area contributed by atoms with Crippen molar-refractivity contribution < 1.29 is 5.11 Å². The van der Waals surface area contributed by atoms with Crippen LogP contribution in [0.25, 0.3) is 21.9 Å². The molecule has 5 heteroatoms. The van der Waals surface area contributed by atoms with Gasteiger partial charge in [0.15, 0.2) is 0 Å². The fourth-order valence-corrected chi connectivity index (χ4v) is 1.73. The number of nitrogens with zero attached hydrogens (tertiary/aromatic N) is 1. The van der Waals surface area contributed by atoms with Crippen LogP contribution in [0.3, 0.4) is 0 Å². The Morgan fingerprint density at radius 3 is 3.07 bits per heavy atom. The van der Waals surface area contributed by atoms with E-state index in [9.17, 15) is 9.90 Å². The first-order valence-corrected chi connectivity index (χ1v) is 4.44. The second-order valence-electron chi connectivity index (χ2n) is 3.31. The first kappa shape index (κ1) is 8.05. The molecule has 0 aliphatic carbocycles. The summed E-state index contributed by atoms with van der Waals surface area (Å²) in [6.07, 6.45) is 1.35. The van der Waals surface area contributed by atoms with E-state index in [4.69, 9.17) is 0 Å². The summed E-state index contributed by atoms with van der Waals surface area (Å²) in [5, 5.41) is 10.6. The third-order valence-electron chi connectivity index (χ3n) is 2.38. The number of rotatable bonds is 0. The summed E-state index contributed by atoms with van der Waals surface area (Å²) in [5.41, 5.74) is 1.05. The molecule has 0 spiro atoms. The van der Waals surface area contributed by atoms with Crippen LogP contribution in [0.2, 0.25) is 0 Å². The molecule has 3 aromatic rings. The lowest BCUT2D eigenvalue weighted by Gasteiger charge is -1.90. The molecule has 0 bridgehead atoms. The highest BCUT2D eigenvalue weighted by Gasteiger charge is 2.08. The van der Waals surface area contributed by atoms with Crippen molar-refractivity contribution in [3.8, 4) is 5.75 Å². The van der Waals surface area contributed by atoms with Crippen LogP contribution in [0, 0.1) is 0 Å². The van der Waals surface area contributed by atoms with Gasteiger partial charge in [0.05, 0.1) is 17.2 Å². The van der Waals surface area contributed by atoms with E-state index in [0.717, 1.165) is 5.39 Å². The van der Waals surface area contributed by atoms with Gasteiger partial charge in [-0.25, -0.2) is 4.98 Å². The number of aromatic amines is 2. The summed E-state index contributed by atoms with van der Waals surface area (Å²) in [6.45, 7) is 0. The molecule has 0 aliphatic rings. The maximum atomic E-state index is 11.6. The van der Waals surface area contributed by atoms with Gasteiger partial charge in [-0.3, -0.25) is 4.79 Å². The summed E-state index contributed by atoms with van der Waals surface area (Å²) in [4.78, 5) is 21.1. The molecule has 3 N–H and O–H groups in total. The number of nitrogens with one attached hydrogen (secondary N) is 2. The zero-order valence-corrected chi connectivity index (χ0v) is 7.61. The molecule has 74 valence electrons. The van der Waals surface area contributed by atoms with Crippen molar-refractivity contribution in [2.75, 3.05) is 0 Å². The zero-order valence-electron chi connectivity index (χ0n) is 7.61. The van der Waals surface area contributed by atoms with E-state index in [0.29, 0.717) is 16.6 Å². The summed E-state index contributed by atoms with van der Waals surface area (Å²) < 4.78 is 0. The number of fused-ring (bicyclic) bond motifs is 3. The SMILES string of the molecule is O=c1[nH]cnc2[nH]c3cc(O)ccc3c12. The zero-order chi connectivity index (χ0) is 10.4. The van der Waals surface area contributed by atoms with Gasteiger partial charge in [-0.1, -0.05) is 0 Å². The quantitative estimate of drug-likeness (QED) is 0.509. The molecule has 0 atom stereocenters. The summed E-state index contributed by atoms with van der Waals surface area (Å²) in [5.74, 6) is 0.158. The highest BCUT2D eigenvalue weighted by Crippen LogP contribution is 2.23. The van der Waals surface area contributed by atoms with Crippen LogP contribution >= 0.6 is 0 Å². The minimum Gasteiger partial charge on any atom is -0.508 e. The Bertz CT molecular complexity index is 711. The lowest BCUT2D eigenvalue weighted by molar-refractivity contribution is 0.476. The monoisotopic (exact) mass is 201 g/mol. The molecular weight excluding hydrogens is 194 g/mol. The molecule has 2 heterocycles. The number of hydrogen-bond donors (Lipinski definition) is 3. The smallest absolute Gasteiger partial charge is 0.260 e. The molecule has 0 radical (unpaired) electrons. The minimum atomic E-state index is -0.183. The van der Waals surface area contributed by atoms with Gasteiger partial charge in [0.1, 0.15) is 11.4 Å². The van der Waals surface area contributed by atoms with Gasteiger partial charge in [-0.15, -0.1) is 0 Å². The van der Waals surface area contributed by atoms with Crippen molar-refractivity contribution >= 4 is 21.9 Å². The van der Waals surface area contributed by atoms with Crippen LogP contribution < -0.4 is 5.56 Å². The number of aromatic nitrogens is 3. The van der Waals surface area contributed by atoms with E-state index in [-0.39, 0.29) is 11.3 Å². The molecule has 5 nitrogen and oxygen atoms in total. The lowest BCUT2D eigenvalue weighted by Crippen LogP contribution is -2.04. The Labute approximate surface area is 83.4 Å². The van der Waals surface area contributed by atoms with Crippen molar-refractivity contribution in [1.82, 2.24) is 15.0 Å². The number of phenolic OH excluding ortho intramolecular Hbond substituents is 1. The first-order chi connectivity index (χ1) is 7.25. The van der Waals surface area contributed by atoms with Gasteiger partial charge in [-0.05, 0) is 12.1 Å².